The van der Waals surface area contributed by atoms with Gasteiger partial charge in [-0.25, -0.2) is 15.0 Å². The second-order valence-electron chi connectivity index (χ2n) is 4.55. The lowest BCUT2D eigenvalue weighted by Crippen LogP contribution is -1.99. The Bertz CT molecular complexity index is 975. The van der Waals surface area contributed by atoms with Crippen LogP contribution in [0.5, 0.6) is 0 Å². The molecule has 0 saturated carbocycles. The molecule has 0 bridgehead atoms. The van der Waals surface area contributed by atoms with Crippen molar-refractivity contribution >= 4 is 46.5 Å². The molecule has 3 aromatic rings. The van der Waals surface area contributed by atoms with Crippen LogP contribution >= 0.6 is 46.5 Å². The van der Waals surface area contributed by atoms with E-state index in [1.807, 2.05) is 17.5 Å². The number of halogens is 1. The Morgan fingerprint density at radius 1 is 1.32 bits per heavy atom. The Kier molecular flexibility index (Phi) is 5.95. The van der Waals surface area contributed by atoms with Crippen molar-refractivity contribution in [3.63, 3.8) is 0 Å². The molecule has 1 aromatic carbocycles. The van der Waals surface area contributed by atoms with Gasteiger partial charge in [0, 0.05) is 22.2 Å². The first kappa shape index (κ1) is 17.8. The van der Waals surface area contributed by atoms with Crippen LogP contribution in [0.15, 0.2) is 50.4 Å². The largest absolute Gasteiger partial charge is 0.238 e. The second-order valence-corrected chi connectivity index (χ2v) is 8.06. The molecule has 25 heavy (non-hydrogen) atoms. The van der Waals surface area contributed by atoms with E-state index in [0.29, 0.717) is 32.2 Å². The van der Waals surface area contributed by atoms with Crippen molar-refractivity contribution in [2.45, 2.75) is 14.5 Å². The Morgan fingerprint density at radius 3 is 2.88 bits per heavy atom. The van der Waals surface area contributed by atoms with E-state index in [9.17, 15) is 5.26 Å². The molecule has 8 heteroatoms. The molecule has 2 heterocycles. The molecule has 3 rings (SSSR count). The number of aromatic nitrogens is 3. The predicted molar refractivity (Wildman–Crippen MR) is 103 cm³/mol. The van der Waals surface area contributed by atoms with Crippen molar-refractivity contribution in [1.82, 2.24) is 15.0 Å². The molecular formula is C17H9ClN4S3. The van der Waals surface area contributed by atoms with Gasteiger partial charge in [0.25, 0.3) is 0 Å². The number of benzene rings is 1. The van der Waals surface area contributed by atoms with Crippen LogP contribution in [0.4, 0.5) is 0 Å². The summed E-state index contributed by atoms with van der Waals surface area (Å²) in [7, 11) is 0. The van der Waals surface area contributed by atoms with Gasteiger partial charge in [0.15, 0.2) is 9.50 Å². The zero-order valence-electron chi connectivity index (χ0n) is 12.6. The van der Waals surface area contributed by atoms with Crippen molar-refractivity contribution in [3.8, 4) is 29.7 Å². The van der Waals surface area contributed by atoms with Crippen molar-refractivity contribution in [2.75, 3.05) is 5.75 Å². The average Bonchev–Trinajstić information content (AvgIpc) is 3.12. The van der Waals surface area contributed by atoms with Gasteiger partial charge in [-0.3, -0.25) is 0 Å². The number of hydrogen-bond acceptors (Lipinski definition) is 7. The van der Waals surface area contributed by atoms with Gasteiger partial charge < -0.3 is 0 Å². The van der Waals surface area contributed by atoms with Crippen LogP contribution in [0, 0.1) is 23.7 Å². The highest BCUT2D eigenvalue weighted by Gasteiger charge is 2.18. The van der Waals surface area contributed by atoms with Gasteiger partial charge in [-0.05, 0) is 23.9 Å². The molecule has 0 amide bonds. The van der Waals surface area contributed by atoms with E-state index >= 15 is 0 Å². The molecule has 0 spiro atoms. The molecule has 4 nitrogen and oxygen atoms in total. The average molecular weight is 401 g/mol. The van der Waals surface area contributed by atoms with Crippen molar-refractivity contribution in [2.24, 2.45) is 0 Å². The van der Waals surface area contributed by atoms with Crippen LogP contribution in [0.25, 0.3) is 11.3 Å². The van der Waals surface area contributed by atoms with Gasteiger partial charge in [-0.2, -0.15) is 5.26 Å². The van der Waals surface area contributed by atoms with E-state index in [4.69, 9.17) is 18.0 Å². The van der Waals surface area contributed by atoms with Crippen LogP contribution in [-0.2, 0) is 0 Å². The molecule has 2 aromatic heterocycles. The van der Waals surface area contributed by atoms with E-state index < -0.39 is 0 Å². The number of thioether (sulfide) groups is 1. The van der Waals surface area contributed by atoms with Crippen LogP contribution in [0.3, 0.4) is 0 Å². The summed E-state index contributed by atoms with van der Waals surface area (Å²) in [6.45, 7) is 0. The summed E-state index contributed by atoms with van der Waals surface area (Å²) >= 11 is 10.3. The topological polar surface area (TPSA) is 62.5 Å². The molecule has 0 radical (unpaired) electrons. The van der Waals surface area contributed by atoms with Gasteiger partial charge in [-0.15, -0.1) is 17.8 Å². The second kappa shape index (κ2) is 8.37. The molecule has 0 aliphatic rings. The third-order valence-electron chi connectivity index (χ3n) is 2.94. The SMILES string of the molecule is C#CCSc1nc(Sc2nccs2)c(C#N)c(-c2cccc(Cl)c2)n1. The molecule has 122 valence electrons. The lowest BCUT2D eigenvalue weighted by molar-refractivity contribution is 0.889. The maximum absolute atomic E-state index is 9.69. The van der Waals surface area contributed by atoms with E-state index in [1.54, 1.807) is 18.3 Å². The summed E-state index contributed by atoms with van der Waals surface area (Å²) in [5.41, 5.74) is 1.70. The first-order valence-corrected chi connectivity index (χ1v) is 9.99. The highest BCUT2D eigenvalue weighted by molar-refractivity contribution is 8.01. The number of nitrogens with zero attached hydrogens (tertiary/aromatic N) is 4. The molecular weight excluding hydrogens is 392 g/mol. The van der Waals surface area contributed by atoms with Gasteiger partial charge in [-0.1, -0.05) is 41.4 Å². The Labute approximate surface area is 162 Å². The summed E-state index contributed by atoms with van der Waals surface area (Å²) in [4.78, 5) is 13.3. The molecule has 0 aliphatic carbocycles. The van der Waals surface area contributed by atoms with Gasteiger partial charge in [0.05, 0.1) is 11.4 Å². The standard InChI is InChI=1S/C17H9ClN4S3/c1-2-7-23-16-21-14(11-4-3-5-12(18)9-11)13(10-19)15(22-16)25-17-20-6-8-24-17/h1,3-6,8-9H,7H2. The number of hydrogen-bond donors (Lipinski definition) is 0. The number of terminal acetylenes is 1. The fourth-order valence-electron chi connectivity index (χ4n) is 1.95. The Hall–Kier alpha value is -2.03. The van der Waals surface area contributed by atoms with Crippen LogP contribution in [0.1, 0.15) is 5.56 Å². The van der Waals surface area contributed by atoms with Crippen molar-refractivity contribution < 1.29 is 0 Å². The van der Waals surface area contributed by atoms with Gasteiger partial charge in [0.2, 0.25) is 0 Å². The smallest absolute Gasteiger partial charge is 0.190 e. The van der Waals surface area contributed by atoms with E-state index in [-0.39, 0.29) is 0 Å². The predicted octanol–water partition coefficient (Wildman–Crippen LogP) is 5.00. The summed E-state index contributed by atoms with van der Waals surface area (Å²) in [6, 6.07) is 9.45. The zero-order valence-corrected chi connectivity index (χ0v) is 15.8. The zero-order chi connectivity index (χ0) is 17.6. The minimum absolute atomic E-state index is 0.396. The fraction of sp³-hybridized carbons (Fsp3) is 0.0588. The number of nitriles is 1. The number of rotatable bonds is 5. The maximum Gasteiger partial charge on any atom is 0.190 e. The monoisotopic (exact) mass is 400 g/mol. The van der Waals surface area contributed by atoms with Crippen molar-refractivity contribution in [1.29, 1.82) is 5.26 Å². The van der Waals surface area contributed by atoms with Gasteiger partial charge >= 0.3 is 0 Å². The normalized spacial score (nSPS) is 10.2. The minimum Gasteiger partial charge on any atom is -0.238 e. The van der Waals surface area contributed by atoms with E-state index in [2.05, 4.69) is 26.9 Å². The lowest BCUT2D eigenvalue weighted by Gasteiger charge is -2.10. The molecule has 0 aliphatic heterocycles. The minimum atomic E-state index is 0.396. The highest BCUT2D eigenvalue weighted by Crippen LogP contribution is 2.36. The summed E-state index contributed by atoms with van der Waals surface area (Å²) in [6.07, 6.45) is 7.05. The maximum atomic E-state index is 9.69. The third kappa shape index (κ3) is 4.33. The lowest BCUT2D eigenvalue weighted by atomic mass is 10.1. The molecule has 0 N–H and O–H groups in total. The summed E-state index contributed by atoms with van der Waals surface area (Å²) in [5, 5.41) is 13.2. The fourth-order valence-corrected chi connectivity index (χ4v) is 4.34. The van der Waals surface area contributed by atoms with Crippen LogP contribution in [-0.4, -0.2) is 20.7 Å². The number of thiazole rings is 1. The molecule has 0 fully saturated rings. The van der Waals surface area contributed by atoms with Crippen LogP contribution < -0.4 is 0 Å². The summed E-state index contributed by atoms with van der Waals surface area (Å²) < 4.78 is 0.806. The van der Waals surface area contributed by atoms with Gasteiger partial charge in [0.1, 0.15) is 16.7 Å². The quantitative estimate of drug-likeness (QED) is 0.260. The first-order chi connectivity index (χ1) is 12.2. The van der Waals surface area contributed by atoms with E-state index in [0.717, 1.165) is 9.90 Å². The summed E-state index contributed by atoms with van der Waals surface area (Å²) in [5.74, 6) is 3.00. The Balaban J connectivity index is 2.14. The van der Waals surface area contributed by atoms with Crippen molar-refractivity contribution in [3.05, 3.63) is 46.4 Å². The van der Waals surface area contributed by atoms with Crippen LogP contribution in [0.2, 0.25) is 5.02 Å². The first-order valence-electron chi connectivity index (χ1n) is 6.93. The third-order valence-corrected chi connectivity index (χ3v) is 5.80. The molecule has 0 unspecified atom stereocenters. The van der Waals surface area contributed by atoms with E-state index in [1.165, 1.54) is 34.9 Å². The highest BCUT2D eigenvalue weighted by atomic mass is 35.5. The Morgan fingerprint density at radius 2 is 2.20 bits per heavy atom. The molecule has 0 saturated heterocycles. The molecule has 0 atom stereocenters.